The molecular formula is C25H35ClN2Pd. The van der Waals surface area contributed by atoms with Crippen molar-refractivity contribution in [2.75, 3.05) is 0 Å². The molecule has 2 aromatic carbocycles. The van der Waals surface area contributed by atoms with Crippen molar-refractivity contribution >= 4 is 32.3 Å². The number of benzene rings is 2. The molecule has 0 bridgehead atoms. The maximum absolute atomic E-state index is 4.99. The Bertz CT molecular complexity index is 712. The molecule has 0 saturated carbocycles. The van der Waals surface area contributed by atoms with Crippen molar-refractivity contribution in [2.45, 2.75) is 67.2 Å². The quantitative estimate of drug-likeness (QED) is 0.207. The fraction of sp³-hybridized carbons (Fsp3) is 0.400. The summed E-state index contributed by atoms with van der Waals surface area (Å²) in [4.78, 5) is 9.99. The van der Waals surface area contributed by atoms with E-state index in [4.69, 9.17) is 9.98 Å². The molecule has 29 heavy (non-hydrogen) atoms. The van der Waals surface area contributed by atoms with Crippen LogP contribution in [0, 0.1) is 7.43 Å². The second-order valence-electron chi connectivity index (χ2n) is 6.66. The van der Waals surface area contributed by atoms with Crippen LogP contribution in [0.25, 0.3) is 0 Å². The molecule has 0 radical (unpaired) electrons. The molecule has 0 aliphatic heterocycles. The number of rotatable bonds is 7. The fourth-order valence-corrected chi connectivity index (χ4v) is 3.21. The molecule has 0 heterocycles. The first kappa shape index (κ1) is 27.7. The van der Waals surface area contributed by atoms with Crippen LogP contribution in [0.5, 0.6) is 0 Å². The van der Waals surface area contributed by atoms with E-state index in [1.165, 1.54) is 22.3 Å². The number of halogens is 1. The molecule has 0 fully saturated rings. The number of aliphatic imine (C=N–C) groups is 2. The van der Waals surface area contributed by atoms with Gasteiger partial charge in [0.25, 0.3) is 0 Å². The van der Waals surface area contributed by atoms with Crippen molar-refractivity contribution in [3.63, 3.8) is 0 Å². The summed E-state index contributed by atoms with van der Waals surface area (Å²) in [6.07, 6.45) is 3.98. The Hall–Kier alpha value is -1.27. The number of nitrogens with zero attached hydrogens (tertiary/aromatic N) is 2. The monoisotopic (exact) mass is 504 g/mol. The Balaban J connectivity index is 0.00000253. The van der Waals surface area contributed by atoms with Crippen molar-refractivity contribution in [1.29, 1.82) is 0 Å². The van der Waals surface area contributed by atoms with Gasteiger partial charge in [-0.15, -0.1) is 0 Å². The Kier molecular flexibility index (Phi) is 14.0. The van der Waals surface area contributed by atoms with E-state index in [1.807, 2.05) is 0 Å². The summed E-state index contributed by atoms with van der Waals surface area (Å²) in [5.74, 6) is 0. The van der Waals surface area contributed by atoms with Gasteiger partial charge >= 0.3 is 27.7 Å². The molecule has 0 amide bonds. The van der Waals surface area contributed by atoms with E-state index in [9.17, 15) is 0 Å². The van der Waals surface area contributed by atoms with Crippen molar-refractivity contribution in [3.8, 4) is 0 Å². The zero-order chi connectivity index (χ0) is 21.1. The molecule has 2 aromatic rings. The third-order valence-corrected chi connectivity index (χ3v) is 5.01. The first-order valence-electron chi connectivity index (χ1n) is 9.99. The van der Waals surface area contributed by atoms with Crippen LogP contribution in [0.4, 0.5) is 11.4 Å². The van der Waals surface area contributed by atoms with Crippen LogP contribution >= 0.6 is 9.53 Å². The van der Waals surface area contributed by atoms with Gasteiger partial charge in [0.1, 0.15) is 0 Å². The van der Waals surface area contributed by atoms with Crippen LogP contribution in [-0.4, -0.2) is 11.4 Å². The Morgan fingerprint density at radius 1 is 0.655 bits per heavy atom. The number of hydrogen-bond donors (Lipinski definition) is 0. The van der Waals surface area contributed by atoms with E-state index in [2.05, 4.69) is 106 Å². The van der Waals surface area contributed by atoms with Gasteiger partial charge in [0.15, 0.2) is 0 Å². The van der Waals surface area contributed by atoms with Crippen LogP contribution in [0.1, 0.15) is 63.8 Å². The second kappa shape index (κ2) is 14.7. The normalized spacial score (nSPS) is 11.5. The second-order valence-corrected chi connectivity index (χ2v) is 6.66. The summed E-state index contributed by atoms with van der Waals surface area (Å²) in [6.45, 7) is 12.9. The van der Waals surface area contributed by atoms with Gasteiger partial charge in [-0.3, -0.25) is 9.98 Å². The summed E-state index contributed by atoms with van der Waals surface area (Å²) in [7, 11) is 4.49. The summed E-state index contributed by atoms with van der Waals surface area (Å²) in [5.41, 5.74) is 9.47. The third kappa shape index (κ3) is 7.49. The number of hydrogen-bond acceptors (Lipinski definition) is 2. The van der Waals surface area contributed by atoms with Crippen LogP contribution in [0.2, 0.25) is 0 Å². The van der Waals surface area contributed by atoms with E-state index in [1.54, 1.807) is 0 Å². The predicted molar refractivity (Wildman–Crippen MR) is 128 cm³/mol. The van der Waals surface area contributed by atoms with Crippen LogP contribution in [0.15, 0.2) is 46.4 Å². The van der Waals surface area contributed by atoms with E-state index < -0.39 is 0 Å². The van der Waals surface area contributed by atoms with Crippen LogP contribution < -0.4 is 0 Å². The zero-order valence-corrected chi connectivity index (χ0v) is 21.2. The Morgan fingerprint density at radius 3 is 1.10 bits per heavy atom. The van der Waals surface area contributed by atoms with Crippen LogP contribution in [0.3, 0.4) is 0 Å². The van der Waals surface area contributed by atoms with Crippen molar-refractivity contribution in [2.24, 2.45) is 9.98 Å². The van der Waals surface area contributed by atoms with Gasteiger partial charge in [0.2, 0.25) is 0 Å². The Labute approximate surface area is 193 Å². The summed E-state index contributed by atoms with van der Waals surface area (Å²) in [6, 6.07) is 13.0. The van der Waals surface area contributed by atoms with Gasteiger partial charge in [0.05, 0.1) is 22.8 Å². The molecule has 0 N–H and O–H groups in total. The van der Waals surface area contributed by atoms with E-state index in [0.717, 1.165) is 48.5 Å². The average molecular weight is 505 g/mol. The SMILES string of the molecule is CCc1cccc(CC)c1N=C(C)C(C)=Nc1c(CC)cccc1CC.[CH3-].[Cl][Pd+]. The summed E-state index contributed by atoms with van der Waals surface area (Å²) >= 11 is 2.22. The summed E-state index contributed by atoms with van der Waals surface area (Å²) in [5, 5.41) is 0. The van der Waals surface area contributed by atoms with Gasteiger partial charge < -0.3 is 7.43 Å². The molecule has 0 aliphatic rings. The van der Waals surface area contributed by atoms with Gasteiger partial charge in [-0.25, -0.2) is 0 Å². The molecule has 0 aliphatic carbocycles. The van der Waals surface area contributed by atoms with E-state index >= 15 is 0 Å². The molecule has 0 unspecified atom stereocenters. The minimum absolute atomic E-state index is 0. The Morgan fingerprint density at radius 2 is 0.897 bits per heavy atom. The molecule has 0 spiro atoms. The number of aryl methyl sites for hydroxylation is 4. The standard InChI is InChI=1S/C24H32N2.CH3.ClH.Pd/c1-7-19-13-11-14-20(8-2)23(19)25-17(5)18(6)26-24-21(9-3)15-12-16-22(24)10-4;;;/h11-16H,7-10H2,1-6H3;1H3;1H;/q;-1;;+2/p-1. The van der Waals surface area contributed by atoms with E-state index in [-0.39, 0.29) is 7.43 Å². The summed E-state index contributed by atoms with van der Waals surface area (Å²) < 4.78 is 0. The minimum atomic E-state index is 0. The predicted octanol–water partition coefficient (Wildman–Crippen LogP) is 7.96. The number of para-hydroxylation sites is 2. The molecule has 0 aromatic heterocycles. The van der Waals surface area contributed by atoms with Gasteiger partial charge in [-0.05, 0) is 61.8 Å². The topological polar surface area (TPSA) is 24.7 Å². The van der Waals surface area contributed by atoms with Crippen molar-refractivity contribution in [3.05, 3.63) is 66.1 Å². The molecule has 4 heteroatoms. The maximum atomic E-state index is 4.99. The van der Waals surface area contributed by atoms with Crippen molar-refractivity contribution in [1.82, 2.24) is 0 Å². The van der Waals surface area contributed by atoms with Gasteiger partial charge in [0, 0.05) is 0 Å². The molecule has 162 valence electrons. The van der Waals surface area contributed by atoms with Crippen LogP contribution in [-0.2, 0) is 43.9 Å². The molecule has 2 nitrogen and oxygen atoms in total. The first-order chi connectivity index (χ1) is 13.5. The van der Waals surface area contributed by atoms with Gasteiger partial charge in [-0.2, -0.15) is 0 Å². The zero-order valence-electron chi connectivity index (χ0n) is 18.9. The average Bonchev–Trinajstić information content (AvgIpc) is 2.75. The van der Waals surface area contributed by atoms with E-state index in [0.29, 0.717) is 0 Å². The molecule has 0 atom stereocenters. The van der Waals surface area contributed by atoms with Crippen molar-refractivity contribution < 1.29 is 18.2 Å². The molecule has 2 rings (SSSR count). The molecule has 0 saturated heterocycles. The third-order valence-electron chi connectivity index (χ3n) is 5.01. The fourth-order valence-electron chi connectivity index (χ4n) is 3.21. The molecular weight excluding hydrogens is 470 g/mol. The van der Waals surface area contributed by atoms with Gasteiger partial charge in [-0.1, -0.05) is 64.1 Å². The first-order valence-corrected chi connectivity index (χ1v) is 12.0.